The summed E-state index contributed by atoms with van der Waals surface area (Å²) in [5.74, 6) is 0.627. The van der Waals surface area contributed by atoms with E-state index < -0.39 is 5.97 Å². The van der Waals surface area contributed by atoms with Crippen molar-refractivity contribution in [3.05, 3.63) is 76.8 Å². The lowest BCUT2D eigenvalue weighted by molar-refractivity contribution is -0.133. The van der Waals surface area contributed by atoms with Crippen LogP contribution in [0.15, 0.2) is 66.7 Å². The second-order valence-corrected chi connectivity index (χ2v) is 7.42. The molecule has 0 spiro atoms. The van der Waals surface area contributed by atoms with E-state index in [1.807, 2.05) is 18.2 Å². The molecule has 6 nitrogen and oxygen atoms in total. The second kappa shape index (κ2) is 8.65. The number of hydrogen-bond donors (Lipinski definition) is 1. The van der Waals surface area contributed by atoms with Crippen LogP contribution < -0.4 is 19.7 Å². The third-order valence-electron chi connectivity index (χ3n) is 4.33. The van der Waals surface area contributed by atoms with Crippen LogP contribution in [0.25, 0.3) is 0 Å². The number of para-hydroxylation sites is 1. The first-order valence-electron chi connectivity index (χ1n) is 9.05. The van der Waals surface area contributed by atoms with Crippen molar-refractivity contribution in [2.24, 2.45) is 0 Å². The van der Waals surface area contributed by atoms with Crippen LogP contribution in [-0.4, -0.2) is 25.0 Å². The molecule has 0 radical (unpaired) electrons. The Kier molecular flexibility index (Phi) is 5.79. The molecule has 0 fully saturated rings. The van der Waals surface area contributed by atoms with Gasteiger partial charge in [0.05, 0.1) is 17.9 Å². The van der Waals surface area contributed by atoms with Crippen molar-refractivity contribution >= 4 is 46.5 Å². The van der Waals surface area contributed by atoms with Crippen LogP contribution >= 0.6 is 23.2 Å². The van der Waals surface area contributed by atoms with Crippen LogP contribution in [0, 0.1) is 0 Å². The Morgan fingerprint density at radius 2 is 1.77 bits per heavy atom. The van der Waals surface area contributed by atoms with Gasteiger partial charge < -0.3 is 19.7 Å². The van der Waals surface area contributed by atoms with Crippen LogP contribution in [-0.2, 0) is 9.59 Å². The molecule has 30 heavy (non-hydrogen) atoms. The highest BCUT2D eigenvalue weighted by atomic mass is 35.5. The standard InChI is InChI=1S/C22H16Cl2N2O4/c23-14-6-8-19(29-16-4-2-1-3-5-16)17(10-14)25-21(27)12-26-13-22(28)30-20-9-7-15(24)11-18(20)26/h1-11H,12-13H2,(H,25,27). The molecule has 8 heteroatoms. The molecule has 1 aliphatic heterocycles. The van der Waals surface area contributed by atoms with Gasteiger partial charge in [0.1, 0.15) is 12.3 Å². The van der Waals surface area contributed by atoms with Gasteiger partial charge in [0.2, 0.25) is 5.91 Å². The average molecular weight is 443 g/mol. The number of esters is 1. The molecule has 0 aromatic heterocycles. The van der Waals surface area contributed by atoms with Gasteiger partial charge in [-0.3, -0.25) is 4.79 Å². The Bertz CT molecular complexity index is 1110. The first kappa shape index (κ1) is 20.1. The van der Waals surface area contributed by atoms with Gasteiger partial charge in [-0.25, -0.2) is 4.79 Å². The van der Waals surface area contributed by atoms with E-state index in [0.717, 1.165) is 0 Å². The molecule has 4 rings (SSSR count). The summed E-state index contributed by atoms with van der Waals surface area (Å²) in [5.41, 5.74) is 0.992. The third kappa shape index (κ3) is 4.67. The fourth-order valence-electron chi connectivity index (χ4n) is 3.03. The molecule has 0 saturated carbocycles. The van der Waals surface area contributed by atoms with E-state index >= 15 is 0 Å². The number of anilines is 2. The molecule has 1 amide bonds. The van der Waals surface area contributed by atoms with Gasteiger partial charge in [0.15, 0.2) is 11.5 Å². The van der Waals surface area contributed by atoms with E-state index in [2.05, 4.69) is 5.32 Å². The number of nitrogens with zero attached hydrogens (tertiary/aromatic N) is 1. The number of carbonyl (C=O) groups is 2. The quantitative estimate of drug-likeness (QED) is 0.437. The number of halogens is 2. The molecule has 3 aromatic carbocycles. The monoisotopic (exact) mass is 442 g/mol. The highest BCUT2D eigenvalue weighted by Gasteiger charge is 2.26. The van der Waals surface area contributed by atoms with Gasteiger partial charge in [0.25, 0.3) is 0 Å². The van der Waals surface area contributed by atoms with E-state index in [-0.39, 0.29) is 19.0 Å². The Morgan fingerprint density at radius 3 is 2.57 bits per heavy atom. The largest absolute Gasteiger partial charge is 0.455 e. The van der Waals surface area contributed by atoms with E-state index in [0.29, 0.717) is 38.7 Å². The van der Waals surface area contributed by atoms with E-state index in [4.69, 9.17) is 32.7 Å². The zero-order valence-electron chi connectivity index (χ0n) is 15.6. The number of carbonyl (C=O) groups excluding carboxylic acids is 2. The second-order valence-electron chi connectivity index (χ2n) is 6.55. The molecular weight excluding hydrogens is 427 g/mol. The molecule has 1 N–H and O–H groups in total. The molecule has 152 valence electrons. The number of amides is 1. The maximum atomic E-state index is 12.8. The van der Waals surface area contributed by atoms with Crippen molar-refractivity contribution in [2.75, 3.05) is 23.3 Å². The van der Waals surface area contributed by atoms with E-state index in [1.165, 1.54) is 0 Å². The summed E-state index contributed by atoms with van der Waals surface area (Å²) >= 11 is 12.2. The molecule has 1 aliphatic rings. The van der Waals surface area contributed by atoms with E-state index in [9.17, 15) is 9.59 Å². The van der Waals surface area contributed by atoms with E-state index in [1.54, 1.807) is 53.4 Å². The first-order valence-corrected chi connectivity index (χ1v) is 9.81. The highest BCUT2D eigenvalue weighted by Crippen LogP contribution is 2.35. The zero-order valence-corrected chi connectivity index (χ0v) is 17.1. The van der Waals surface area contributed by atoms with Gasteiger partial charge in [-0.15, -0.1) is 0 Å². The lowest BCUT2D eigenvalue weighted by Gasteiger charge is -2.29. The van der Waals surface area contributed by atoms with Crippen molar-refractivity contribution in [3.63, 3.8) is 0 Å². The number of hydrogen-bond acceptors (Lipinski definition) is 5. The molecule has 3 aromatic rings. The van der Waals surface area contributed by atoms with Gasteiger partial charge in [-0.1, -0.05) is 41.4 Å². The van der Waals surface area contributed by atoms with Crippen LogP contribution in [0.1, 0.15) is 0 Å². The third-order valence-corrected chi connectivity index (χ3v) is 4.80. The maximum absolute atomic E-state index is 12.8. The van der Waals surface area contributed by atoms with Crippen molar-refractivity contribution in [1.29, 1.82) is 0 Å². The number of rotatable bonds is 5. The number of fused-ring (bicyclic) bond motifs is 1. The Labute approximate surface area is 182 Å². The van der Waals surface area contributed by atoms with Crippen LogP contribution in [0.5, 0.6) is 17.2 Å². The van der Waals surface area contributed by atoms with Gasteiger partial charge >= 0.3 is 5.97 Å². The van der Waals surface area contributed by atoms with Crippen molar-refractivity contribution in [3.8, 4) is 17.2 Å². The highest BCUT2D eigenvalue weighted by molar-refractivity contribution is 6.31. The van der Waals surface area contributed by atoms with Crippen LogP contribution in [0.3, 0.4) is 0 Å². The predicted molar refractivity (Wildman–Crippen MR) is 116 cm³/mol. The van der Waals surface area contributed by atoms with Crippen LogP contribution in [0.4, 0.5) is 11.4 Å². The number of nitrogens with one attached hydrogen (secondary N) is 1. The lowest BCUT2D eigenvalue weighted by Crippen LogP contribution is -2.41. The van der Waals surface area contributed by atoms with Gasteiger partial charge in [0, 0.05) is 10.0 Å². The summed E-state index contributed by atoms with van der Waals surface area (Å²) in [6, 6.07) is 19.0. The van der Waals surface area contributed by atoms with Gasteiger partial charge in [-0.05, 0) is 48.5 Å². The minimum Gasteiger partial charge on any atom is -0.455 e. The number of benzene rings is 3. The van der Waals surface area contributed by atoms with Gasteiger partial charge in [-0.2, -0.15) is 0 Å². The minimum atomic E-state index is -0.450. The molecule has 0 atom stereocenters. The van der Waals surface area contributed by atoms with Crippen molar-refractivity contribution < 1.29 is 19.1 Å². The Balaban J connectivity index is 1.53. The van der Waals surface area contributed by atoms with Crippen molar-refractivity contribution in [1.82, 2.24) is 0 Å². The first-order chi connectivity index (χ1) is 14.5. The summed E-state index contributed by atoms with van der Waals surface area (Å²) in [6.07, 6.45) is 0. The number of ether oxygens (including phenoxy) is 2. The Morgan fingerprint density at radius 1 is 1.03 bits per heavy atom. The summed E-state index contributed by atoms with van der Waals surface area (Å²) in [5, 5.41) is 3.73. The smallest absolute Gasteiger partial charge is 0.331 e. The van der Waals surface area contributed by atoms with Crippen molar-refractivity contribution in [2.45, 2.75) is 0 Å². The molecule has 0 bridgehead atoms. The normalized spacial score (nSPS) is 12.7. The molecule has 0 saturated heterocycles. The fourth-order valence-corrected chi connectivity index (χ4v) is 3.37. The topological polar surface area (TPSA) is 67.9 Å². The lowest BCUT2D eigenvalue weighted by atomic mass is 10.2. The maximum Gasteiger partial charge on any atom is 0.331 e. The SMILES string of the molecule is O=C(CN1CC(=O)Oc2ccc(Cl)cc21)Nc1cc(Cl)ccc1Oc1ccccc1. The molecule has 0 unspecified atom stereocenters. The summed E-state index contributed by atoms with van der Waals surface area (Å²) < 4.78 is 11.1. The minimum absolute atomic E-state index is 0.0658. The Hall–Kier alpha value is -3.22. The molecule has 0 aliphatic carbocycles. The summed E-state index contributed by atoms with van der Waals surface area (Å²) in [6.45, 7) is -0.149. The summed E-state index contributed by atoms with van der Waals surface area (Å²) in [4.78, 5) is 26.3. The molecular formula is C22H16Cl2N2O4. The fraction of sp³-hybridized carbons (Fsp3) is 0.0909. The zero-order chi connectivity index (χ0) is 21.1. The summed E-state index contributed by atoms with van der Waals surface area (Å²) in [7, 11) is 0. The average Bonchev–Trinajstić information content (AvgIpc) is 2.71. The molecule has 1 heterocycles. The predicted octanol–water partition coefficient (Wildman–Crippen LogP) is 5.15. The van der Waals surface area contributed by atoms with Crippen LogP contribution in [0.2, 0.25) is 10.0 Å².